The molecule has 0 saturated heterocycles. The summed E-state index contributed by atoms with van der Waals surface area (Å²) < 4.78 is 29.2. The van der Waals surface area contributed by atoms with Gasteiger partial charge in [-0.15, -0.1) is 11.3 Å². The number of sulfonamides is 1. The Morgan fingerprint density at radius 2 is 1.96 bits per heavy atom. The van der Waals surface area contributed by atoms with Crippen molar-refractivity contribution < 1.29 is 8.42 Å². The molecule has 2 aromatic carbocycles. The monoisotopic (exact) mass is 364 g/mol. The second kappa shape index (κ2) is 6.90. The molecule has 0 saturated carbocycles. The molecule has 0 spiro atoms. The van der Waals surface area contributed by atoms with E-state index in [1.807, 2.05) is 30.3 Å². The van der Waals surface area contributed by atoms with Gasteiger partial charge in [-0.1, -0.05) is 49.0 Å². The quantitative estimate of drug-likeness (QED) is 0.661. The number of thiazole rings is 1. The maximum absolute atomic E-state index is 12.3. The van der Waals surface area contributed by atoms with E-state index in [1.165, 1.54) is 0 Å². The first-order valence-corrected chi connectivity index (χ1v) is 10.6. The van der Waals surface area contributed by atoms with Gasteiger partial charge < -0.3 is 0 Å². The lowest BCUT2D eigenvalue weighted by Crippen LogP contribution is -2.14. The highest BCUT2D eigenvalue weighted by Crippen LogP contribution is 2.31. The molecule has 0 unspecified atom stereocenters. The Kier molecular flexibility index (Phi) is 4.89. The fourth-order valence-corrected chi connectivity index (χ4v) is 5.36. The predicted octanol–water partition coefficient (Wildman–Crippen LogP) is 4.35. The molecule has 1 heterocycles. The fourth-order valence-electron chi connectivity index (χ4n) is 2.16. The highest BCUT2D eigenvalue weighted by molar-refractivity contribution is 8.01. The van der Waals surface area contributed by atoms with Crippen molar-refractivity contribution in [2.45, 2.75) is 17.0 Å². The van der Waals surface area contributed by atoms with Crippen molar-refractivity contribution in [3.8, 4) is 0 Å². The SMILES string of the molecule is CCSc1nc2ccc(NS(=O)(=O)Cc3ccccc3)cc2s1. The highest BCUT2D eigenvalue weighted by atomic mass is 32.2. The molecule has 0 radical (unpaired) electrons. The Labute approximate surface area is 144 Å². The summed E-state index contributed by atoms with van der Waals surface area (Å²) in [6.07, 6.45) is 0. The first-order chi connectivity index (χ1) is 11.1. The molecule has 0 aliphatic rings. The first-order valence-electron chi connectivity index (χ1n) is 7.13. The average Bonchev–Trinajstić information content (AvgIpc) is 2.89. The van der Waals surface area contributed by atoms with Crippen LogP contribution < -0.4 is 4.72 Å². The predicted molar refractivity (Wildman–Crippen MR) is 98.7 cm³/mol. The molecule has 4 nitrogen and oxygen atoms in total. The third-order valence-corrected chi connectivity index (χ3v) is 6.41. The second-order valence-corrected chi connectivity index (χ2v) is 9.21. The van der Waals surface area contributed by atoms with Gasteiger partial charge in [-0.3, -0.25) is 4.72 Å². The van der Waals surface area contributed by atoms with Gasteiger partial charge in [0, 0.05) is 0 Å². The van der Waals surface area contributed by atoms with Crippen LogP contribution in [0.5, 0.6) is 0 Å². The summed E-state index contributed by atoms with van der Waals surface area (Å²) in [5, 5.41) is 0. The number of hydrogen-bond acceptors (Lipinski definition) is 5. The molecule has 0 aliphatic carbocycles. The minimum atomic E-state index is -3.43. The number of nitrogens with zero attached hydrogens (tertiary/aromatic N) is 1. The maximum atomic E-state index is 12.3. The van der Waals surface area contributed by atoms with Crippen molar-refractivity contribution in [3.05, 3.63) is 54.1 Å². The normalized spacial score (nSPS) is 11.7. The Morgan fingerprint density at radius 1 is 1.17 bits per heavy atom. The number of thioether (sulfide) groups is 1. The molecule has 3 aromatic rings. The van der Waals surface area contributed by atoms with E-state index < -0.39 is 10.0 Å². The Bertz CT molecular complexity index is 905. The largest absolute Gasteiger partial charge is 0.283 e. The van der Waals surface area contributed by atoms with Crippen molar-refractivity contribution in [2.75, 3.05) is 10.5 Å². The van der Waals surface area contributed by atoms with Crippen molar-refractivity contribution in [2.24, 2.45) is 0 Å². The van der Waals surface area contributed by atoms with Crippen molar-refractivity contribution in [1.82, 2.24) is 4.98 Å². The zero-order valence-electron chi connectivity index (χ0n) is 12.5. The Morgan fingerprint density at radius 3 is 2.70 bits per heavy atom. The van der Waals surface area contributed by atoms with Crippen LogP contribution in [-0.4, -0.2) is 19.2 Å². The number of rotatable bonds is 6. The summed E-state index contributed by atoms with van der Waals surface area (Å²) in [6, 6.07) is 14.6. The van der Waals surface area contributed by atoms with Gasteiger partial charge in [-0.25, -0.2) is 13.4 Å². The minimum absolute atomic E-state index is 0.0362. The van der Waals surface area contributed by atoms with Gasteiger partial charge in [0.1, 0.15) is 0 Å². The van der Waals surface area contributed by atoms with Crippen LogP contribution in [0.4, 0.5) is 5.69 Å². The summed E-state index contributed by atoms with van der Waals surface area (Å²) in [6.45, 7) is 2.08. The van der Waals surface area contributed by atoms with Gasteiger partial charge in [0.2, 0.25) is 10.0 Å². The van der Waals surface area contributed by atoms with Crippen LogP contribution >= 0.6 is 23.1 Å². The van der Waals surface area contributed by atoms with Crippen LogP contribution in [0.3, 0.4) is 0 Å². The number of aromatic nitrogens is 1. The molecule has 0 atom stereocenters. The Balaban J connectivity index is 1.80. The van der Waals surface area contributed by atoms with E-state index in [0.29, 0.717) is 5.69 Å². The van der Waals surface area contributed by atoms with E-state index in [0.717, 1.165) is 25.9 Å². The summed E-state index contributed by atoms with van der Waals surface area (Å²) in [5.74, 6) is 0.932. The molecule has 7 heteroatoms. The van der Waals surface area contributed by atoms with E-state index >= 15 is 0 Å². The highest BCUT2D eigenvalue weighted by Gasteiger charge is 2.13. The topological polar surface area (TPSA) is 59.1 Å². The first kappa shape index (κ1) is 16.3. The van der Waals surface area contributed by atoms with Crippen molar-refractivity contribution in [1.29, 1.82) is 0 Å². The van der Waals surface area contributed by atoms with E-state index in [9.17, 15) is 8.42 Å². The van der Waals surface area contributed by atoms with Crippen LogP contribution in [0.15, 0.2) is 52.9 Å². The number of benzene rings is 2. The van der Waals surface area contributed by atoms with Crippen LogP contribution in [0.2, 0.25) is 0 Å². The average molecular weight is 365 g/mol. The fraction of sp³-hybridized carbons (Fsp3) is 0.188. The van der Waals surface area contributed by atoms with E-state index in [1.54, 1.807) is 41.3 Å². The second-order valence-electron chi connectivity index (χ2n) is 4.94. The number of fused-ring (bicyclic) bond motifs is 1. The Hall–Kier alpha value is -1.57. The summed E-state index contributed by atoms with van der Waals surface area (Å²) in [4.78, 5) is 4.51. The van der Waals surface area contributed by atoms with Gasteiger partial charge in [-0.2, -0.15) is 0 Å². The number of nitrogens with one attached hydrogen (secondary N) is 1. The van der Waals surface area contributed by atoms with Gasteiger partial charge in [0.15, 0.2) is 4.34 Å². The number of hydrogen-bond donors (Lipinski definition) is 1. The van der Waals surface area contributed by atoms with Gasteiger partial charge in [0.05, 0.1) is 21.7 Å². The lowest BCUT2D eigenvalue weighted by Gasteiger charge is -2.08. The molecular weight excluding hydrogens is 348 g/mol. The lowest BCUT2D eigenvalue weighted by atomic mass is 10.2. The summed E-state index contributed by atoms with van der Waals surface area (Å²) >= 11 is 3.27. The number of anilines is 1. The van der Waals surface area contributed by atoms with Crippen LogP contribution in [-0.2, 0) is 15.8 Å². The maximum Gasteiger partial charge on any atom is 0.236 e. The van der Waals surface area contributed by atoms with E-state index in [-0.39, 0.29) is 5.75 Å². The minimum Gasteiger partial charge on any atom is -0.283 e. The molecule has 0 bridgehead atoms. The standard InChI is InChI=1S/C16H16N2O2S3/c1-2-21-16-17-14-9-8-13(10-15(14)22-16)18-23(19,20)11-12-6-4-3-5-7-12/h3-10,18H,2,11H2,1H3. The van der Waals surface area contributed by atoms with Crippen molar-refractivity contribution in [3.63, 3.8) is 0 Å². The van der Waals surface area contributed by atoms with Gasteiger partial charge in [-0.05, 0) is 29.5 Å². The summed E-state index contributed by atoms with van der Waals surface area (Å²) in [7, 11) is -3.43. The molecule has 1 aromatic heterocycles. The molecule has 23 heavy (non-hydrogen) atoms. The molecule has 1 N–H and O–H groups in total. The molecule has 0 aliphatic heterocycles. The van der Waals surface area contributed by atoms with E-state index in [2.05, 4.69) is 16.6 Å². The van der Waals surface area contributed by atoms with Crippen molar-refractivity contribution >= 4 is 49.0 Å². The molecule has 3 rings (SSSR count). The third-order valence-electron chi connectivity index (χ3n) is 3.11. The van der Waals surface area contributed by atoms with Crippen LogP contribution in [0.1, 0.15) is 12.5 Å². The lowest BCUT2D eigenvalue weighted by molar-refractivity contribution is 0.600. The summed E-state index contributed by atoms with van der Waals surface area (Å²) in [5.41, 5.74) is 2.24. The zero-order chi connectivity index (χ0) is 16.3. The van der Waals surface area contributed by atoms with Crippen LogP contribution in [0.25, 0.3) is 10.2 Å². The zero-order valence-corrected chi connectivity index (χ0v) is 15.0. The third kappa shape index (κ3) is 4.25. The van der Waals surface area contributed by atoms with Gasteiger partial charge in [0.25, 0.3) is 0 Å². The molecule has 120 valence electrons. The van der Waals surface area contributed by atoms with E-state index in [4.69, 9.17) is 0 Å². The van der Waals surface area contributed by atoms with Crippen LogP contribution in [0, 0.1) is 0 Å². The molecule has 0 fully saturated rings. The van der Waals surface area contributed by atoms with Gasteiger partial charge >= 0.3 is 0 Å². The smallest absolute Gasteiger partial charge is 0.236 e. The molecular formula is C16H16N2O2S3. The molecule has 0 amide bonds.